The van der Waals surface area contributed by atoms with E-state index in [2.05, 4.69) is 32.3 Å². The lowest BCUT2D eigenvalue weighted by atomic mass is 10.2. The zero-order chi connectivity index (χ0) is 18.4. The average molecular weight is 350 g/mol. The van der Waals surface area contributed by atoms with E-state index in [-0.39, 0.29) is 5.69 Å². The first kappa shape index (κ1) is 17.5. The summed E-state index contributed by atoms with van der Waals surface area (Å²) in [4.78, 5) is 22.8. The van der Waals surface area contributed by atoms with Crippen LogP contribution in [0, 0.1) is 5.82 Å². The highest BCUT2D eigenvalue weighted by Gasteiger charge is 2.12. The zero-order valence-electron chi connectivity index (χ0n) is 14.4. The van der Waals surface area contributed by atoms with E-state index in [0.717, 1.165) is 6.54 Å². The van der Waals surface area contributed by atoms with Crippen molar-refractivity contribution < 1.29 is 9.18 Å². The lowest BCUT2D eigenvalue weighted by molar-refractivity contribution is 0.102. The van der Waals surface area contributed by atoms with Crippen LogP contribution in [0.3, 0.4) is 0 Å². The predicted octanol–water partition coefficient (Wildman–Crippen LogP) is 3.89. The molecule has 0 spiro atoms. The zero-order valence-corrected chi connectivity index (χ0v) is 14.4. The number of nitrogens with one attached hydrogen (secondary N) is 1. The van der Waals surface area contributed by atoms with Crippen LogP contribution in [0.5, 0.6) is 0 Å². The van der Waals surface area contributed by atoms with Crippen LogP contribution in [0.2, 0.25) is 0 Å². The highest BCUT2D eigenvalue weighted by molar-refractivity contribution is 6.02. The molecule has 2 aromatic carbocycles. The summed E-state index contributed by atoms with van der Waals surface area (Å²) in [7, 11) is 0. The van der Waals surface area contributed by atoms with Gasteiger partial charge in [0.05, 0.1) is 12.4 Å². The number of benzene rings is 2. The maximum absolute atomic E-state index is 13.2. The summed E-state index contributed by atoms with van der Waals surface area (Å²) in [5.74, 6) is -0.150. The first-order chi connectivity index (χ1) is 12.7. The lowest BCUT2D eigenvalue weighted by Crippen LogP contribution is -2.24. The Morgan fingerprint density at radius 2 is 1.88 bits per heavy atom. The molecule has 0 radical (unpaired) electrons. The molecule has 3 aromatic rings. The van der Waals surface area contributed by atoms with Gasteiger partial charge in [0, 0.05) is 18.8 Å². The van der Waals surface area contributed by atoms with E-state index in [1.165, 1.54) is 30.0 Å². The van der Waals surface area contributed by atoms with Crippen LogP contribution in [-0.4, -0.2) is 22.4 Å². The first-order valence-electron chi connectivity index (χ1n) is 8.33. The number of rotatable bonds is 6. The molecule has 0 saturated heterocycles. The molecule has 3 rings (SSSR count). The second-order valence-corrected chi connectivity index (χ2v) is 5.72. The van der Waals surface area contributed by atoms with E-state index in [0.29, 0.717) is 18.1 Å². The third-order valence-corrected chi connectivity index (χ3v) is 3.88. The topological polar surface area (TPSA) is 58.1 Å². The SMILES string of the molecule is CCN(Cc1ccccc1)c1cnc(C(=O)Nc2cccc(F)c2)cn1. The van der Waals surface area contributed by atoms with Crippen LogP contribution in [0.1, 0.15) is 23.0 Å². The molecule has 6 heteroatoms. The maximum Gasteiger partial charge on any atom is 0.275 e. The van der Waals surface area contributed by atoms with Gasteiger partial charge in [0.15, 0.2) is 0 Å². The van der Waals surface area contributed by atoms with E-state index in [1.807, 2.05) is 25.1 Å². The molecule has 1 amide bonds. The molecule has 0 aliphatic carbocycles. The van der Waals surface area contributed by atoms with Crippen LogP contribution in [0.4, 0.5) is 15.9 Å². The number of halogens is 1. The molecule has 132 valence electrons. The Morgan fingerprint density at radius 1 is 1.08 bits per heavy atom. The minimum Gasteiger partial charge on any atom is -0.351 e. The van der Waals surface area contributed by atoms with Gasteiger partial charge in [0.25, 0.3) is 5.91 Å². The highest BCUT2D eigenvalue weighted by atomic mass is 19.1. The van der Waals surface area contributed by atoms with Gasteiger partial charge < -0.3 is 10.2 Å². The fraction of sp³-hybridized carbons (Fsp3) is 0.150. The molecule has 0 unspecified atom stereocenters. The molecule has 1 heterocycles. The summed E-state index contributed by atoms with van der Waals surface area (Å²) in [6, 6.07) is 15.8. The number of amides is 1. The Bertz CT molecular complexity index is 868. The van der Waals surface area contributed by atoms with E-state index in [9.17, 15) is 9.18 Å². The number of hydrogen-bond acceptors (Lipinski definition) is 4. The van der Waals surface area contributed by atoms with E-state index in [4.69, 9.17) is 0 Å². The largest absolute Gasteiger partial charge is 0.351 e. The molecule has 0 aliphatic rings. The Morgan fingerprint density at radius 3 is 2.54 bits per heavy atom. The molecule has 0 atom stereocenters. The Labute approximate surface area is 151 Å². The molecule has 0 aliphatic heterocycles. The predicted molar refractivity (Wildman–Crippen MR) is 99.6 cm³/mol. The second kappa shape index (κ2) is 8.20. The lowest BCUT2D eigenvalue weighted by Gasteiger charge is -2.21. The Hall–Kier alpha value is -3.28. The molecular weight excluding hydrogens is 331 g/mol. The van der Waals surface area contributed by atoms with Gasteiger partial charge in [-0.05, 0) is 30.7 Å². The van der Waals surface area contributed by atoms with Gasteiger partial charge in [-0.25, -0.2) is 14.4 Å². The summed E-state index contributed by atoms with van der Waals surface area (Å²) >= 11 is 0. The van der Waals surface area contributed by atoms with Crippen molar-refractivity contribution in [2.45, 2.75) is 13.5 Å². The van der Waals surface area contributed by atoms with Gasteiger partial charge in [-0.2, -0.15) is 0 Å². The smallest absolute Gasteiger partial charge is 0.275 e. The number of anilines is 2. The van der Waals surface area contributed by atoms with Gasteiger partial charge in [-0.15, -0.1) is 0 Å². The summed E-state index contributed by atoms with van der Waals surface area (Å²) in [6.45, 7) is 3.51. The average Bonchev–Trinajstić information content (AvgIpc) is 2.67. The van der Waals surface area contributed by atoms with Crippen LogP contribution in [0.15, 0.2) is 67.0 Å². The Balaban J connectivity index is 1.69. The van der Waals surface area contributed by atoms with Crippen molar-refractivity contribution in [1.29, 1.82) is 0 Å². The number of aromatic nitrogens is 2. The molecule has 0 bridgehead atoms. The van der Waals surface area contributed by atoms with Gasteiger partial charge >= 0.3 is 0 Å². The second-order valence-electron chi connectivity index (χ2n) is 5.72. The van der Waals surface area contributed by atoms with E-state index < -0.39 is 11.7 Å². The number of carbonyl (C=O) groups is 1. The summed E-state index contributed by atoms with van der Waals surface area (Å²) in [5.41, 5.74) is 1.72. The van der Waals surface area contributed by atoms with Crippen molar-refractivity contribution >= 4 is 17.4 Å². The van der Waals surface area contributed by atoms with Crippen molar-refractivity contribution in [2.24, 2.45) is 0 Å². The Kier molecular flexibility index (Phi) is 5.53. The van der Waals surface area contributed by atoms with Crippen LogP contribution in [0.25, 0.3) is 0 Å². The van der Waals surface area contributed by atoms with Gasteiger partial charge in [-0.3, -0.25) is 4.79 Å². The number of nitrogens with zero attached hydrogens (tertiary/aromatic N) is 3. The normalized spacial score (nSPS) is 10.4. The summed E-state index contributed by atoms with van der Waals surface area (Å²) in [5, 5.41) is 2.61. The molecule has 1 aromatic heterocycles. The molecule has 0 fully saturated rings. The third-order valence-electron chi connectivity index (χ3n) is 3.88. The first-order valence-corrected chi connectivity index (χ1v) is 8.33. The van der Waals surface area contributed by atoms with E-state index in [1.54, 1.807) is 12.3 Å². The fourth-order valence-electron chi connectivity index (χ4n) is 2.52. The van der Waals surface area contributed by atoms with Crippen molar-refractivity contribution in [2.75, 3.05) is 16.8 Å². The van der Waals surface area contributed by atoms with Gasteiger partial charge in [-0.1, -0.05) is 36.4 Å². The quantitative estimate of drug-likeness (QED) is 0.733. The fourth-order valence-corrected chi connectivity index (χ4v) is 2.52. The standard InChI is InChI=1S/C20H19FN4O/c1-2-25(14-15-7-4-3-5-8-15)19-13-22-18(12-23-19)20(26)24-17-10-6-9-16(21)11-17/h3-13H,2,14H2,1H3,(H,24,26). The summed E-state index contributed by atoms with van der Waals surface area (Å²) < 4.78 is 13.2. The van der Waals surface area contributed by atoms with Crippen LogP contribution < -0.4 is 10.2 Å². The number of carbonyl (C=O) groups excluding carboxylic acids is 1. The van der Waals surface area contributed by atoms with Crippen molar-refractivity contribution in [3.63, 3.8) is 0 Å². The van der Waals surface area contributed by atoms with Crippen LogP contribution >= 0.6 is 0 Å². The highest BCUT2D eigenvalue weighted by Crippen LogP contribution is 2.14. The summed E-state index contributed by atoms with van der Waals surface area (Å²) in [6.07, 6.45) is 3.00. The monoisotopic (exact) mass is 350 g/mol. The van der Waals surface area contributed by atoms with Crippen molar-refractivity contribution in [3.05, 3.63) is 84.1 Å². The van der Waals surface area contributed by atoms with Crippen molar-refractivity contribution in [1.82, 2.24) is 9.97 Å². The molecule has 5 nitrogen and oxygen atoms in total. The minimum atomic E-state index is -0.430. The molecule has 26 heavy (non-hydrogen) atoms. The minimum absolute atomic E-state index is 0.175. The van der Waals surface area contributed by atoms with Gasteiger partial charge in [0.2, 0.25) is 0 Å². The van der Waals surface area contributed by atoms with Crippen LogP contribution in [-0.2, 0) is 6.54 Å². The van der Waals surface area contributed by atoms with Gasteiger partial charge in [0.1, 0.15) is 17.3 Å². The molecular formula is C20H19FN4O. The van der Waals surface area contributed by atoms with E-state index >= 15 is 0 Å². The maximum atomic E-state index is 13.2. The molecule has 0 saturated carbocycles. The third kappa shape index (κ3) is 4.42. The number of hydrogen-bond donors (Lipinski definition) is 1. The molecule has 1 N–H and O–H groups in total. The van der Waals surface area contributed by atoms with Crippen molar-refractivity contribution in [3.8, 4) is 0 Å².